The van der Waals surface area contributed by atoms with Gasteiger partial charge >= 0.3 is 5.63 Å². The van der Waals surface area contributed by atoms with Gasteiger partial charge in [0.15, 0.2) is 0 Å². The molecule has 11 rings (SSSR count). The Hall–Kier alpha value is -7.17. The fraction of sp³-hybridized carbons (Fsp3) is 0. The SMILES string of the molecule is O=c1oc2ccccc2c2c1c(-c1ccccc1)cc1c3ccc(-c4ccc5c6ccccc6n(-c6ccccc6)c5c4)cc3n(-c3ccccc3)c12. The van der Waals surface area contributed by atoms with Crippen LogP contribution in [-0.2, 0) is 0 Å². The second-order valence-electron chi connectivity index (χ2n) is 13.6. The zero-order chi connectivity index (χ0) is 35.0. The number of benzene rings is 8. The molecule has 0 aliphatic carbocycles. The normalized spacial score (nSPS) is 11.8. The summed E-state index contributed by atoms with van der Waals surface area (Å²) in [4.78, 5) is 14.1. The van der Waals surface area contributed by atoms with E-state index in [1.54, 1.807) is 0 Å². The second kappa shape index (κ2) is 11.4. The molecule has 3 aromatic heterocycles. The summed E-state index contributed by atoms with van der Waals surface area (Å²) in [7, 11) is 0. The molecule has 3 heterocycles. The van der Waals surface area contributed by atoms with Crippen LogP contribution in [0, 0.1) is 0 Å². The van der Waals surface area contributed by atoms with E-state index in [-0.39, 0.29) is 5.63 Å². The highest BCUT2D eigenvalue weighted by atomic mass is 16.4. The molecule has 0 atom stereocenters. The maximum atomic E-state index is 14.1. The Balaban J connectivity index is 1.26. The number of rotatable bonds is 4. The lowest BCUT2D eigenvalue weighted by Gasteiger charge is -2.14. The molecule has 0 saturated carbocycles. The summed E-state index contributed by atoms with van der Waals surface area (Å²) in [5.74, 6) is 0. The molecule has 0 fully saturated rings. The van der Waals surface area contributed by atoms with E-state index in [1.807, 2.05) is 42.5 Å². The van der Waals surface area contributed by atoms with Crippen molar-refractivity contribution in [2.24, 2.45) is 0 Å². The molecule has 4 heteroatoms. The summed E-state index contributed by atoms with van der Waals surface area (Å²) < 4.78 is 10.7. The molecule has 53 heavy (non-hydrogen) atoms. The second-order valence-corrected chi connectivity index (χ2v) is 13.6. The van der Waals surface area contributed by atoms with Crippen LogP contribution in [0.25, 0.3) is 99.0 Å². The standard InChI is InChI=1S/C49H30N2O2/c52-49-47-40(31-14-4-1-5-15-31)30-41-38-27-25-33(32-24-26-37-36-20-10-12-22-42(36)50(43(37)28-32)34-16-6-2-7-17-34)29-44(38)51(35-18-8-3-9-19-35)48(41)46(47)39-21-11-13-23-45(39)53-49/h1-30H. The first-order valence-electron chi connectivity index (χ1n) is 17.9. The first-order valence-corrected chi connectivity index (χ1v) is 17.9. The zero-order valence-electron chi connectivity index (χ0n) is 28.5. The maximum Gasteiger partial charge on any atom is 0.344 e. The van der Waals surface area contributed by atoms with Crippen LogP contribution in [0.5, 0.6) is 0 Å². The Kier molecular flexibility index (Phi) is 6.37. The quantitative estimate of drug-likeness (QED) is 0.137. The van der Waals surface area contributed by atoms with Crippen LogP contribution in [-0.4, -0.2) is 9.13 Å². The predicted octanol–water partition coefficient (Wildman–Crippen LogP) is 12.5. The predicted molar refractivity (Wildman–Crippen MR) is 220 cm³/mol. The van der Waals surface area contributed by atoms with Gasteiger partial charge in [-0.3, -0.25) is 0 Å². The number of nitrogens with zero attached hydrogens (tertiary/aromatic N) is 2. The monoisotopic (exact) mass is 678 g/mol. The summed E-state index contributed by atoms with van der Waals surface area (Å²) in [6, 6.07) is 63.5. The van der Waals surface area contributed by atoms with Crippen molar-refractivity contribution in [1.29, 1.82) is 0 Å². The number of hydrogen-bond donors (Lipinski definition) is 0. The van der Waals surface area contributed by atoms with Crippen LogP contribution in [0.3, 0.4) is 0 Å². The van der Waals surface area contributed by atoms with Crippen molar-refractivity contribution in [3.8, 4) is 33.6 Å². The molecule has 0 aliphatic heterocycles. The highest BCUT2D eigenvalue weighted by molar-refractivity contribution is 6.27. The largest absolute Gasteiger partial charge is 0.422 e. The third-order valence-electron chi connectivity index (χ3n) is 10.7. The number of hydrogen-bond acceptors (Lipinski definition) is 2. The lowest BCUT2D eigenvalue weighted by molar-refractivity contribution is 0.570. The fourth-order valence-electron chi connectivity index (χ4n) is 8.44. The Bertz CT molecular complexity index is 3280. The maximum absolute atomic E-state index is 14.1. The Morgan fingerprint density at radius 3 is 1.60 bits per heavy atom. The minimum absolute atomic E-state index is 0.341. The fourth-order valence-corrected chi connectivity index (χ4v) is 8.44. The van der Waals surface area contributed by atoms with Gasteiger partial charge in [0.05, 0.1) is 27.5 Å². The van der Waals surface area contributed by atoms with E-state index in [0.29, 0.717) is 11.0 Å². The third kappa shape index (κ3) is 4.39. The van der Waals surface area contributed by atoms with Gasteiger partial charge in [0.1, 0.15) is 5.58 Å². The lowest BCUT2D eigenvalue weighted by Crippen LogP contribution is -2.04. The molecular weight excluding hydrogens is 649 g/mol. The van der Waals surface area contributed by atoms with E-state index >= 15 is 0 Å². The molecule has 0 amide bonds. The lowest BCUT2D eigenvalue weighted by atomic mass is 9.94. The number of aromatic nitrogens is 2. The summed E-state index contributed by atoms with van der Waals surface area (Å²) in [5, 5.41) is 7.03. The van der Waals surface area contributed by atoms with Gasteiger partial charge in [-0.2, -0.15) is 0 Å². The smallest absolute Gasteiger partial charge is 0.344 e. The molecule has 0 radical (unpaired) electrons. The summed E-state index contributed by atoms with van der Waals surface area (Å²) >= 11 is 0. The molecule has 0 N–H and O–H groups in total. The average Bonchev–Trinajstić information content (AvgIpc) is 3.73. The van der Waals surface area contributed by atoms with Crippen LogP contribution in [0.15, 0.2) is 191 Å². The molecule has 0 unspecified atom stereocenters. The highest BCUT2D eigenvalue weighted by Gasteiger charge is 2.23. The van der Waals surface area contributed by atoms with Gasteiger partial charge in [-0.25, -0.2) is 4.79 Å². The van der Waals surface area contributed by atoms with Crippen LogP contribution in [0.4, 0.5) is 0 Å². The van der Waals surface area contributed by atoms with Crippen molar-refractivity contribution in [3.63, 3.8) is 0 Å². The van der Waals surface area contributed by atoms with Crippen molar-refractivity contribution in [3.05, 3.63) is 192 Å². The molecule has 8 aromatic carbocycles. The molecule has 0 saturated heterocycles. The van der Waals surface area contributed by atoms with Gasteiger partial charge in [0, 0.05) is 43.7 Å². The first-order chi connectivity index (χ1) is 26.2. The van der Waals surface area contributed by atoms with Gasteiger partial charge < -0.3 is 13.6 Å². The molecule has 0 spiro atoms. The van der Waals surface area contributed by atoms with Gasteiger partial charge in [0.2, 0.25) is 0 Å². The number of fused-ring (bicyclic) bond motifs is 10. The van der Waals surface area contributed by atoms with Crippen molar-refractivity contribution < 1.29 is 4.42 Å². The van der Waals surface area contributed by atoms with E-state index in [0.717, 1.165) is 71.7 Å². The van der Waals surface area contributed by atoms with Crippen LogP contribution >= 0.6 is 0 Å². The van der Waals surface area contributed by atoms with E-state index < -0.39 is 0 Å². The number of para-hydroxylation sites is 4. The van der Waals surface area contributed by atoms with Gasteiger partial charge in [-0.15, -0.1) is 0 Å². The average molecular weight is 679 g/mol. The van der Waals surface area contributed by atoms with Gasteiger partial charge in [-0.05, 0) is 76.9 Å². The highest BCUT2D eigenvalue weighted by Crippen LogP contribution is 2.44. The van der Waals surface area contributed by atoms with Crippen molar-refractivity contribution in [2.75, 3.05) is 0 Å². The summed E-state index contributed by atoms with van der Waals surface area (Å²) in [6.07, 6.45) is 0. The Labute approximate surface area is 304 Å². The molecule has 11 aromatic rings. The van der Waals surface area contributed by atoms with Crippen molar-refractivity contribution in [2.45, 2.75) is 0 Å². The van der Waals surface area contributed by atoms with Crippen LogP contribution in [0.1, 0.15) is 0 Å². The topological polar surface area (TPSA) is 40.1 Å². The molecule has 0 bridgehead atoms. The zero-order valence-corrected chi connectivity index (χ0v) is 28.5. The van der Waals surface area contributed by atoms with E-state index in [4.69, 9.17) is 4.42 Å². The molecule has 248 valence electrons. The molecule has 0 aliphatic rings. The Morgan fingerprint density at radius 2 is 0.906 bits per heavy atom. The van der Waals surface area contributed by atoms with Crippen molar-refractivity contribution >= 4 is 65.4 Å². The van der Waals surface area contributed by atoms with Gasteiger partial charge in [0.25, 0.3) is 0 Å². The van der Waals surface area contributed by atoms with E-state index in [1.165, 1.54) is 16.3 Å². The molecular formula is C49H30N2O2. The van der Waals surface area contributed by atoms with Crippen molar-refractivity contribution in [1.82, 2.24) is 9.13 Å². The van der Waals surface area contributed by atoms with Crippen LogP contribution in [0.2, 0.25) is 0 Å². The minimum atomic E-state index is -0.341. The molecule has 4 nitrogen and oxygen atoms in total. The first kappa shape index (κ1) is 29.5. The third-order valence-corrected chi connectivity index (χ3v) is 10.7. The Morgan fingerprint density at radius 1 is 0.377 bits per heavy atom. The van der Waals surface area contributed by atoms with Gasteiger partial charge in [-0.1, -0.05) is 127 Å². The summed E-state index contributed by atoms with van der Waals surface area (Å²) in [5.41, 5.74) is 10.9. The summed E-state index contributed by atoms with van der Waals surface area (Å²) in [6.45, 7) is 0. The van der Waals surface area contributed by atoms with E-state index in [9.17, 15) is 4.79 Å². The minimum Gasteiger partial charge on any atom is -0.422 e. The van der Waals surface area contributed by atoms with E-state index in [2.05, 4.69) is 149 Å². The van der Waals surface area contributed by atoms with Crippen LogP contribution < -0.4 is 5.63 Å².